The van der Waals surface area contributed by atoms with E-state index in [1.807, 2.05) is 0 Å². The van der Waals surface area contributed by atoms with Crippen molar-refractivity contribution < 1.29 is 19.4 Å². The van der Waals surface area contributed by atoms with Crippen molar-refractivity contribution in [1.29, 1.82) is 0 Å². The van der Waals surface area contributed by atoms with Gasteiger partial charge in [-0.15, -0.1) is 0 Å². The molecule has 0 bridgehead atoms. The fourth-order valence-electron chi connectivity index (χ4n) is 2.06. The number of nitro groups is 2. The molecule has 2 rings (SSSR count). The molecule has 0 unspecified atom stereocenters. The Labute approximate surface area is 169 Å². The van der Waals surface area contributed by atoms with E-state index < -0.39 is 21.7 Å². The van der Waals surface area contributed by atoms with Crippen LogP contribution in [0.3, 0.4) is 0 Å². The molecule has 12 heteroatoms. The van der Waals surface area contributed by atoms with E-state index in [0.29, 0.717) is 11.1 Å². The van der Waals surface area contributed by atoms with Gasteiger partial charge in [0.1, 0.15) is 0 Å². The molecule has 0 aliphatic heterocycles. The molecule has 0 aliphatic carbocycles. The molecule has 0 aliphatic rings. The lowest BCUT2D eigenvalue weighted by Gasteiger charge is -2.00. The van der Waals surface area contributed by atoms with E-state index in [2.05, 4.69) is 21.1 Å². The Morgan fingerprint density at radius 2 is 1.07 bits per heavy atom. The number of hydrogen-bond acceptors (Lipinski definition) is 8. The van der Waals surface area contributed by atoms with E-state index in [-0.39, 0.29) is 24.2 Å². The van der Waals surface area contributed by atoms with Gasteiger partial charge < -0.3 is 0 Å². The van der Waals surface area contributed by atoms with Gasteiger partial charge in [0.25, 0.3) is 11.4 Å². The zero-order valence-corrected chi connectivity index (χ0v) is 15.4. The lowest BCUT2D eigenvalue weighted by atomic mass is 10.2. The highest BCUT2D eigenvalue weighted by Gasteiger charge is 2.06. The fourth-order valence-corrected chi connectivity index (χ4v) is 2.06. The van der Waals surface area contributed by atoms with Crippen molar-refractivity contribution in [1.82, 2.24) is 10.9 Å². The van der Waals surface area contributed by atoms with Gasteiger partial charge in [0.2, 0.25) is 11.8 Å². The summed E-state index contributed by atoms with van der Waals surface area (Å²) < 4.78 is 0. The SMILES string of the molecule is O=C(CCC(=O)N/N=C/c1ccc([N+](=O)[O-])cc1)N/N=C/c1ccc([N+](=O)[O-])cc1. The Hall–Kier alpha value is -4.48. The predicted octanol–water partition coefficient (Wildman–Crippen LogP) is 1.88. The monoisotopic (exact) mass is 412 g/mol. The molecular formula is C18H16N6O6. The largest absolute Gasteiger partial charge is 0.273 e. The maximum atomic E-state index is 11.7. The van der Waals surface area contributed by atoms with Gasteiger partial charge in [0, 0.05) is 37.1 Å². The minimum Gasteiger partial charge on any atom is -0.273 e. The third-order valence-corrected chi connectivity index (χ3v) is 3.59. The normalized spacial score (nSPS) is 10.8. The number of non-ortho nitro benzene ring substituents is 2. The highest BCUT2D eigenvalue weighted by Crippen LogP contribution is 2.11. The Morgan fingerprint density at radius 3 is 1.37 bits per heavy atom. The van der Waals surface area contributed by atoms with Crippen molar-refractivity contribution in [2.45, 2.75) is 12.8 Å². The van der Waals surface area contributed by atoms with Crippen molar-refractivity contribution in [3.05, 3.63) is 79.9 Å². The first-order valence-corrected chi connectivity index (χ1v) is 8.48. The number of rotatable bonds is 9. The smallest absolute Gasteiger partial charge is 0.269 e. The molecule has 2 aromatic rings. The number of benzene rings is 2. The Kier molecular flexibility index (Phi) is 7.82. The van der Waals surface area contributed by atoms with Crippen LogP contribution in [0.1, 0.15) is 24.0 Å². The Morgan fingerprint density at radius 1 is 0.733 bits per heavy atom. The topological polar surface area (TPSA) is 169 Å². The number of nitro benzene ring substituents is 2. The molecule has 12 nitrogen and oxygen atoms in total. The summed E-state index contributed by atoms with van der Waals surface area (Å²) in [6, 6.07) is 11.1. The van der Waals surface area contributed by atoms with Crippen LogP contribution in [-0.4, -0.2) is 34.1 Å². The van der Waals surface area contributed by atoms with Crippen molar-refractivity contribution in [2.24, 2.45) is 10.2 Å². The molecule has 2 aromatic carbocycles. The highest BCUT2D eigenvalue weighted by molar-refractivity contribution is 5.86. The maximum Gasteiger partial charge on any atom is 0.269 e. The van der Waals surface area contributed by atoms with Crippen LogP contribution in [0.25, 0.3) is 0 Å². The summed E-state index contributed by atoms with van der Waals surface area (Å²) in [4.78, 5) is 43.4. The van der Waals surface area contributed by atoms with Gasteiger partial charge >= 0.3 is 0 Å². The fraction of sp³-hybridized carbons (Fsp3) is 0.111. The summed E-state index contributed by atoms with van der Waals surface area (Å²) in [5, 5.41) is 28.6. The third-order valence-electron chi connectivity index (χ3n) is 3.59. The van der Waals surface area contributed by atoms with E-state index in [0.717, 1.165) is 0 Å². The van der Waals surface area contributed by atoms with Gasteiger partial charge in [0.15, 0.2) is 0 Å². The van der Waals surface area contributed by atoms with Crippen LogP contribution in [-0.2, 0) is 9.59 Å². The summed E-state index contributed by atoms with van der Waals surface area (Å²) in [6.45, 7) is 0. The minimum atomic E-state index is -0.524. The van der Waals surface area contributed by atoms with E-state index in [4.69, 9.17) is 0 Å². The van der Waals surface area contributed by atoms with Crippen LogP contribution in [0.2, 0.25) is 0 Å². The van der Waals surface area contributed by atoms with Crippen LogP contribution in [0.15, 0.2) is 58.7 Å². The molecule has 2 N–H and O–H groups in total. The second-order valence-corrected chi connectivity index (χ2v) is 5.78. The first-order chi connectivity index (χ1) is 14.3. The molecule has 0 atom stereocenters. The summed E-state index contributed by atoms with van der Waals surface area (Å²) >= 11 is 0. The van der Waals surface area contributed by atoms with Gasteiger partial charge in [-0.2, -0.15) is 10.2 Å². The Balaban J connectivity index is 1.70. The number of hydrazone groups is 2. The first kappa shape index (κ1) is 21.8. The molecule has 2 amide bonds. The summed E-state index contributed by atoms with van der Waals surface area (Å²) in [6.07, 6.45) is 2.37. The maximum absolute atomic E-state index is 11.7. The summed E-state index contributed by atoms with van der Waals surface area (Å²) in [5.74, 6) is -0.995. The lowest BCUT2D eigenvalue weighted by molar-refractivity contribution is -0.385. The summed E-state index contributed by atoms with van der Waals surface area (Å²) in [7, 11) is 0. The zero-order valence-electron chi connectivity index (χ0n) is 15.4. The number of carbonyl (C=O) groups excluding carboxylic acids is 2. The molecular weight excluding hydrogens is 396 g/mol. The molecule has 0 heterocycles. The van der Waals surface area contributed by atoms with Gasteiger partial charge in [-0.3, -0.25) is 29.8 Å². The van der Waals surface area contributed by atoms with Crippen LogP contribution in [0, 0.1) is 20.2 Å². The standard InChI is InChI=1S/C18H16N6O6/c25-17(21-19-11-13-1-5-15(6-2-13)23(27)28)9-10-18(26)22-20-12-14-3-7-16(8-4-14)24(29)30/h1-8,11-12H,9-10H2,(H,21,25)(H,22,26)/b19-11+,20-12+. The summed E-state index contributed by atoms with van der Waals surface area (Å²) in [5.41, 5.74) is 5.48. The van der Waals surface area contributed by atoms with Crippen molar-refractivity contribution in [3.8, 4) is 0 Å². The minimum absolute atomic E-state index is 0.0570. The number of hydrogen-bond donors (Lipinski definition) is 2. The predicted molar refractivity (Wildman–Crippen MR) is 107 cm³/mol. The van der Waals surface area contributed by atoms with E-state index in [1.165, 1.54) is 61.0 Å². The van der Waals surface area contributed by atoms with Crippen LogP contribution >= 0.6 is 0 Å². The third kappa shape index (κ3) is 7.26. The molecule has 0 radical (unpaired) electrons. The number of carbonyl (C=O) groups is 2. The molecule has 30 heavy (non-hydrogen) atoms. The van der Waals surface area contributed by atoms with Gasteiger partial charge in [0.05, 0.1) is 22.3 Å². The lowest BCUT2D eigenvalue weighted by Crippen LogP contribution is -2.22. The van der Waals surface area contributed by atoms with Crippen LogP contribution < -0.4 is 10.9 Å². The quantitative estimate of drug-likeness (QED) is 0.362. The molecule has 0 saturated carbocycles. The molecule has 0 saturated heterocycles. The first-order valence-electron chi connectivity index (χ1n) is 8.48. The molecule has 154 valence electrons. The second kappa shape index (κ2) is 10.8. The molecule has 0 spiro atoms. The van der Waals surface area contributed by atoms with Crippen molar-refractivity contribution in [2.75, 3.05) is 0 Å². The van der Waals surface area contributed by atoms with Gasteiger partial charge in [-0.1, -0.05) is 0 Å². The molecule has 0 aromatic heterocycles. The van der Waals surface area contributed by atoms with Gasteiger partial charge in [-0.25, -0.2) is 10.9 Å². The Bertz CT molecular complexity index is 904. The number of amides is 2. The van der Waals surface area contributed by atoms with Gasteiger partial charge in [-0.05, 0) is 35.4 Å². The second-order valence-electron chi connectivity index (χ2n) is 5.78. The van der Waals surface area contributed by atoms with Crippen molar-refractivity contribution >= 4 is 35.6 Å². The highest BCUT2D eigenvalue weighted by atomic mass is 16.6. The van der Waals surface area contributed by atoms with Crippen LogP contribution in [0.5, 0.6) is 0 Å². The number of nitrogens with zero attached hydrogens (tertiary/aromatic N) is 4. The van der Waals surface area contributed by atoms with E-state index in [9.17, 15) is 29.8 Å². The molecule has 0 fully saturated rings. The zero-order chi connectivity index (χ0) is 21.9. The average Bonchev–Trinajstić information content (AvgIpc) is 2.73. The van der Waals surface area contributed by atoms with Crippen LogP contribution in [0.4, 0.5) is 11.4 Å². The number of nitrogens with one attached hydrogen (secondary N) is 2. The van der Waals surface area contributed by atoms with E-state index >= 15 is 0 Å². The van der Waals surface area contributed by atoms with Crippen molar-refractivity contribution in [3.63, 3.8) is 0 Å². The average molecular weight is 412 g/mol. The van der Waals surface area contributed by atoms with E-state index in [1.54, 1.807) is 0 Å².